The fourth-order valence-corrected chi connectivity index (χ4v) is 1.18. The summed E-state index contributed by atoms with van der Waals surface area (Å²) in [7, 11) is 0. The summed E-state index contributed by atoms with van der Waals surface area (Å²) in [5, 5.41) is 2.68. The number of halogens is 1. The summed E-state index contributed by atoms with van der Waals surface area (Å²) in [4.78, 5) is 11.3. The van der Waals surface area contributed by atoms with Crippen LogP contribution in [-0.4, -0.2) is 18.6 Å². The van der Waals surface area contributed by atoms with Crippen molar-refractivity contribution in [3.63, 3.8) is 0 Å². The van der Waals surface area contributed by atoms with E-state index in [1.165, 1.54) is 0 Å². The summed E-state index contributed by atoms with van der Waals surface area (Å²) in [6.45, 7) is 0.225. The van der Waals surface area contributed by atoms with Crippen molar-refractivity contribution in [1.29, 1.82) is 0 Å². The predicted octanol–water partition coefficient (Wildman–Crippen LogP) is 0.767. The highest BCUT2D eigenvalue weighted by molar-refractivity contribution is 5.96. The lowest BCUT2D eigenvalue weighted by atomic mass is 10.3. The van der Waals surface area contributed by atoms with Gasteiger partial charge in [0.15, 0.2) is 0 Å². The van der Waals surface area contributed by atoms with E-state index in [0.717, 1.165) is 0 Å². The fraction of sp³-hybridized carbons (Fsp3) is 0.222. The second-order valence-electron chi connectivity index (χ2n) is 2.90. The number of fused-ring (bicyclic) bond motifs is 1. The number of ether oxygens (including phenoxy) is 1. The minimum Gasteiger partial charge on any atom is -0.489 e. The summed E-state index contributed by atoms with van der Waals surface area (Å²) < 4.78 is 5.32. The molecule has 0 spiro atoms. The molecule has 0 saturated heterocycles. The van der Waals surface area contributed by atoms with E-state index < -0.39 is 6.04 Å². The molecule has 1 heterocycles. The van der Waals surface area contributed by atoms with E-state index in [2.05, 4.69) is 5.32 Å². The Hall–Kier alpha value is -1.26. The molecule has 0 aliphatic carbocycles. The van der Waals surface area contributed by atoms with Crippen molar-refractivity contribution in [2.45, 2.75) is 6.04 Å². The van der Waals surface area contributed by atoms with Crippen molar-refractivity contribution >= 4 is 24.0 Å². The average molecular weight is 215 g/mol. The first-order valence-electron chi connectivity index (χ1n) is 4.05. The van der Waals surface area contributed by atoms with Gasteiger partial charge < -0.3 is 15.8 Å². The Morgan fingerprint density at radius 1 is 1.43 bits per heavy atom. The highest BCUT2D eigenvalue weighted by atomic mass is 35.5. The second-order valence-corrected chi connectivity index (χ2v) is 2.90. The maximum Gasteiger partial charge on any atom is 0.244 e. The third-order valence-corrected chi connectivity index (χ3v) is 1.90. The van der Waals surface area contributed by atoms with Crippen LogP contribution in [-0.2, 0) is 4.79 Å². The molecule has 1 aromatic rings. The van der Waals surface area contributed by atoms with Crippen LogP contribution in [0.4, 0.5) is 5.69 Å². The Morgan fingerprint density at radius 2 is 2.14 bits per heavy atom. The van der Waals surface area contributed by atoms with E-state index in [1.807, 2.05) is 12.1 Å². The Morgan fingerprint density at radius 3 is 2.93 bits per heavy atom. The molecule has 1 aliphatic heterocycles. The van der Waals surface area contributed by atoms with Crippen molar-refractivity contribution in [1.82, 2.24) is 0 Å². The number of carbonyl (C=O) groups excluding carboxylic acids is 1. The van der Waals surface area contributed by atoms with Gasteiger partial charge in [-0.3, -0.25) is 4.79 Å². The number of benzene rings is 1. The molecule has 2 rings (SSSR count). The molecule has 0 aromatic heterocycles. The number of amides is 1. The molecule has 0 unspecified atom stereocenters. The molecular formula is C9H11ClN2O2. The summed E-state index contributed by atoms with van der Waals surface area (Å²) in [6.07, 6.45) is 0. The van der Waals surface area contributed by atoms with Gasteiger partial charge in [0.2, 0.25) is 5.91 Å². The lowest BCUT2D eigenvalue weighted by molar-refractivity contribution is -0.117. The topological polar surface area (TPSA) is 64.3 Å². The number of rotatable bonds is 0. The van der Waals surface area contributed by atoms with Crippen LogP contribution in [0.1, 0.15) is 0 Å². The quantitative estimate of drug-likeness (QED) is 0.671. The smallest absolute Gasteiger partial charge is 0.244 e. The minimum absolute atomic E-state index is 0. The Kier molecular flexibility index (Phi) is 3.33. The van der Waals surface area contributed by atoms with E-state index >= 15 is 0 Å². The summed E-state index contributed by atoms with van der Waals surface area (Å²) in [5.41, 5.74) is 6.20. The first-order chi connectivity index (χ1) is 6.27. The number of hydrogen-bond acceptors (Lipinski definition) is 3. The molecule has 0 bridgehead atoms. The molecule has 0 fully saturated rings. The van der Waals surface area contributed by atoms with Crippen LogP contribution in [0.5, 0.6) is 5.75 Å². The molecule has 0 saturated carbocycles. The third-order valence-electron chi connectivity index (χ3n) is 1.90. The summed E-state index contributed by atoms with van der Waals surface area (Å²) in [5.74, 6) is 0.466. The number of hydrogen-bond donors (Lipinski definition) is 2. The van der Waals surface area contributed by atoms with Crippen LogP contribution in [0.2, 0.25) is 0 Å². The van der Waals surface area contributed by atoms with Gasteiger partial charge in [0.25, 0.3) is 0 Å². The molecule has 4 nitrogen and oxygen atoms in total. The molecule has 5 heteroatoms. The SMILES string of the molecule is Cl.N[C@@H]1COc2ccccc2NC1=O. The Bertz CT molecular complexity index is 343. The average Bonchev–Trinajstić information content (AvgIpc) is 2.28. The number of nitrogens with one attached hydrogen (secondary N) is 1. The van der Waals surface area contributed by atoms with Crippen LogP contribution < -0.4 is 15.8 Å². The first kappa shape index (κ1) is 10.8. The van der Waals surface area contributed by atoms with Crippen LogP contribution in [0.3, 0.4) is 0 Å². The number of carbonyl (C=O) groups is 1. The fourth-order valence-electron chi connectivity index (χ4n) is 1.18. The van der Waals surface area contributed by atoms with E-state index in [4.69, 9.17) is 10.5 Å². The van der Waals surface area contributed by atoms with Gasteiger partial charge in [0.05, 0.1) is 5.69 Å². The molecule has 1 atom stereocenters. The van der Waals surface area contributed by atoms with Crippen molar-refractivity contribution in [3.05, 3.63) is 24.3 Å². The molecule has 0 radical (unpaired) electrons. The maximum absolute atomic E-state index is 11.3. The number of anilines is 1. The zero-order valence-corrected chi connectivity index (χ0v) is 8.21. The van der Waals surface area contributed by atoms with E-state index in [1.54, 1.807) is 12.1 Å². The van der Waals surface area contributed by atoms with Gasteiger partial charge >= 0.3 is 0 Å². The van der Waals surface area contributed by atoms with Gasteiger partial charge in [0.1, 0.15) is 18.4 Å². The van der Waals surface area contributed by atoms with Crippen LogP contribution in [0.15, 0.2) is 24.3 Å². The van der Waals surface area contributed by atoms with E-state index in [-0.39, 0.29) is 24.9 Å². The zero-order chi connectivity index (χ0) is 9.26. The van der Waals surface area contributed by atoms with Gasteiger partial charge in [-0.15, -0.1) is 12.4 Å². The standard InChI is InChI=1S/C9H10N2O2.ClH/c10-6-5-13-8-4-2-1-3-7(8)11-9(6)12;/h1-4,6H,5,10H2,(H,11,12);1H/t6-;/m1./s1. The molecule has 1 aliphatic rings. The minimum atomic E-state index is -0.590. The lowest BCUT2D eigenvalue weighted by Gasteiger charge is -2.04. The maximum atomic E-state index is 11.3. The van der Waals surface area contributed by atoms with Crippen molar-refractivity contribution in [2.24, 2.45) is 5.73 Å². The normalized spacial score (nSPS) is 19.5. The monoisotopic (exact) mass is 214 g/mol. The molecule has 76 valence electrons. The molecule has 1 amide bonds. The van der Waals surface area contributed by atoms with Crippen molar-refractivity contribution in [2.75, 3.05) is 11.9 Å². The molecule has 3 N–H and O–H groups in total. The van der Waals surface area contributed by atoms with Crippen LogP contribution >= 0.6 is 12.4 Å². The zero-order valence-electron chi connectivity index (χ0n) is 7.40. The van der Waals surface area contributed by atoms with Gasteiger partial charge in [-0.2, -0.15) is 0 Å². The largest absolute Gasteiger partial charge is 0.489 e. The van der Waals surface area contributed by atoms with Crippen LogP contribution in [0, 0.1) is 0 Å². The number of nitrogens with two attached hydrogens (primary N) is 1. The van der Waals surface area contributed by atoms with E-state index in [9.17, 15) is 4.79 Å². The Labute approximate surface area is 87.8 Å². The highest BCUT2D eigenvalue weighted by Gasteiger charge is 2.20. The van der Waals surface area contributed by atoms with Gasteiger partial charge in [-0.25, -0.2) is 0 Å². The Balaban J connectivity index is 0.000000980. The predicted molar refractivity (Wildman–Crippen MR) is 55.8 cm³/mol. The molecule has 1 aromatic carbocycles. The third kappa shape index (κ3) is 1.97. The molecular weight excluding hydrogens is 204 g/mol. The van der Waals surface area contributed by atoms with Crippen LogP contribution in [0.25, 0.3) is 0 Å². The lowest BCUT2D eigenvalue weighted by Crippen LogP contribution is -2.38. The first-order valence-corrected chi connectivity index (χ1v) is 4.05. The summed E-state index contributed by atoms with van der Waals surface area (Å²) in [6, 6.07) is 6.67. The molecule has 14 heavy (non-hydrogen) atoms. The van der Waals surface area contributed by atoms with Gasteiger partial charge in [0, 0.05) is 0 Å². The van der Waals surface area contributed by atoms with Gasteiger partial charge in [-0.05, 0) is 12.1 Å². The summed E-state index contributed by atoms with van der Waals surface area (Å²) >= 11 is 0. The van der Waals surface area contributed by atoms with Crippen molar-refractivity contribution in [3.8, 4) is 5.75 Å². The van der Waals surface area contributed by atoms with E-state index in [0.29, 0.717) is 11.4 Å². The second kappa shape index (κ2) is 4.30. The van der Waals surface area contributed by atoms with Crippen molar-refractivity contribution < 1.29 is 9.53 Å². The van der Waals surface area contributed by atoms with Gasteiger partial charge in [-0.1, -0.05) is 12.1 Å². The highest BCUT2D eigenvalue weighted by Crippen LogP contribution is 2.25. The number of para-hydroxylation sites is 2.